The number of aliphatic hydroxyl groups excluding tert-OH is 1. The molecule has 3 nitrogen and oxygen atoms in total. The lowest BCUT2D eigenvalue weighted by Gasteiger charge is -2.20. The van der Waals surface area contributed by atoms with Crippen LogP contribution in [0, 0.1) is 0 Å². The second kappa shape index (κ2) is 5.55. The molecule has 0 spiro atoms. The Hall–Kier alpha value is -0.490. The molecule has 0 aromatic carbocycles. The Morgan fingerprint density at radius 3 is 2.60 bits per heavy atom. The number of halogens is 4. The zero-order chi connectivity index (χ0) is 10.8. The van der Waals surface area contributed by atoms with Crippen LogP contribution in [0.3, 0.4) is 0 Å². The molecule has 0 aliphatic carbocycles. The van der Waals surface area contributed by atoms with E-state index >= 15 is 0 Å². The molecule has 1 unspecified atom stereocenters. The van der Waals surface area contributed by atoms with Gasteiger partial charge in [-0.1, -0.05) is 17.7 Å². The number of aromatic nitrogens is 1. The summed E-state index contributed by atoms with van der Waals surface area (Å²) in [6, 6.07) is 4.12. The van der Waals surface area contributed by atoms with Crippen molar-refractivity contribution in [3.05, 3.63) is 29.0 Å². The van der Waals surface area contributed by atoms with Crippen LogP contribution in [0.2, 0.25) is 5.15 Å². The van der Waals surface area contributed by atoms with Gasteiger partial charge in [0, 0.05) is 0 Å². The molecule has 1 atom stereocenters. The molecule has 86 valence electrons. The Labute approximate surface area is 96.7 Å². The van der Waals surface area contributed by atoms with Gasteiger partial charge in [-0.05, 0) is 12.1 Å². The predicted octanol–water partition coefficient (Wildman–Crippen LogP) is 1.78. The fourth-order valence-corrected chi connectivity index (χ4v) is 1.07. The average Bonchev–Trinajstić information content (AvgIpc) is 2.16. The van der Waals surface area contributed by atoms with Crippen LogP contribution in [0.25, 0.3) is 0 Å². The number of hydrogen-bond donors (Lipinski definition) is 2. The molecular weight excluding hydrogens is 249 g/mol. The van der Waals surface area contributed by atoms with Crippen molar-refractivity contribution in [1.82, 2.24) is 4.98 Å². The molecule has 0 fully saturated rings. The Balaban J connectivity index is 0.00000196. The SMILES string of the molecule is Cl.NCC(F)(F)C(O)c1cccc(Cl)n1. The third kappa shape index (κ3) is 3.53. The van der Waals surface area contributed by atoms with Gasteiger partial charge in [0.25, 0.3) is 5.92 Å². The molecular formula is C8H10Cl2F2N2O. The van der Waals surface area contributed by atoms with Gasteiger partial charge in [-0.2, -0.15) is 0 Å². The van der Waals surface area contributed by atoms with Crippen molar-refractivity contribution in [2.45, 2.75) is 12.0 Å². The van der Waals surface area contributed by atoms with E-state index in [0.29, 0.717) is 0 Å². The van der Waals surface area contributed by atoms with E-state index in [1.807, 2.05) is 0 Å². The molecule has 1 rings (SSSR count). The Bertz CT molecular complexity index is 325. The quantitative estimate of drug-likeness (QED) is 0.813. The van der Waals surface area contributed by atoms with Gasteiger partial charge in [0.2, 0.25) is 0 Å². The third-order valence-corrected chi connectivity index (χ3v) is 1.90. The molecule has 0 saturated carbocycles. The maximum Gasteiger partial charge on any atom is 0.290 e. The molecule has 1 heterocycles. The average molecular weight is 259 g/mol. The lowest BCUT2D eigenvalue weighted by Crippen LogP contribution is -2.35. The Morgan fingerprint density at radius 1 is 1.53 bits per heavy atom. The minimum absolute atomic E-state index is 0. The molecule has 15 heavy (non-hydrogen) atoms. The number of rotatable bonds is 3. The van der Waals surface area contributed by atoms with Crippen LogP contribution in [0.5, 0.6) is 0 Å². The van der Waals surface area contributed by atoms with Crippen molar-refractivity contribution in [3.63, 3.8) is 0 Å². The van der Waals surface area contributed by atoms with E-state index in [2.05, 4.69) is 4.98 Å². The van der Waals surface area contributed by atoms with Crippen LogP contribution in [0.1, 0.15) is 11.8 Å². The third-order valence-electron chi connectivity index (χ3n) is 1.69. The first kappa shape index (κ1) is 14.5. The van der Waals surface area contributed by atoms with Gasteiger partial charge < -0.3 is 10.8 Å². The van der Waals surface area contributed by atoms with Crippen LogP contribution in [0.15, 0.2) is 18.2 Å². The first-order valence-electron chi connectivity index (χ1n) is 3.86. The number of hydrogen-bond acceptors (Lipinski definition) is 3. The van der Waals surface area contributed by atoms with E-state index in [1.165, 1.54) is 18.2 Å². The van der Waals surface area contributed by atoms with E-state index in [-0.39, 0.29) is 23.3 Å². The number of pyridine rings is 1. The van der Waals surface area contributed by atoms with Crippen molar-refractivity contribution in [2.24, 2.45) is 5.73 Å². The molecule has 0 amide bonds. The summed E-state index contributed by atoms with van der Waals surface area (Å²) in [4.78, 5) is 3.57. The van der Waals surface area contributed by atoms with Gasteiger partial charge in [0.05, 0.1) is 12.2 Å². The minimum Gasteiger partial charge on any atom is -0.380 e. The van der Waals surface area contributed by atoms with Crippen LogP contribution in [0.4, 0.5) is 8.78 Å². The molecule has 0 aliphatic rings. The molecule has 1 aromatic rings. The van der Waals surface area contributed by atoms with E-state index in [9.17, 15) is 13.9 Å². The first-order valence-corrected chi connectivity index (χ1v) is 4.23. The molecule has 1 aromatic heterocycles. The summed E-state index contributed by atoms with van der Waals surface area (Å²) in [6.07, 6.45) is -2.02. The van der Waals surface area contributed by atoms with E-state index in [1.54, 1.807) is 0 Å². The summed E-state index contributed by atoms with van der Waals surface area (Å²) in [5.41, 5.74) is 4.62. The molecule has 0 aliphatic heterocycles. The van der Waals surface area contributed by atoms with Crippen LogP contribution >= 0.6 is 24.0 Å². The highest BCUT2D eigenvalue weighted by atomic mass is 35.5. The Morgan fingerprint density at radius 2 is 2.13 bits per heavy atom. The maximum atomic E-state index is 12.9. The lowest BCUT2D eigenvalue weighted by molar-refractivity contribution is -0.104. The van der Waals surface area contributed by atoms with Gasteiger partial charge in [-0.3, -0.25) is 0 Å². The van der Waals surface area contributed by atoms with Crippen LogP contribution in [-0.4, -0.2) is 22.6 Å². The highest BCUT2D eigenvalue weighted by molar-refractivity contribution is 6.29. The highest BCUT2D eigenvalue weighted by Crippen LogP contribution is 2.29. The van der Waals surface area contributed by atoms with E-state index < -0.39 is 18.6 Å². The van der Waals surface area contributed by atoms with Crippen molar-refractivity contribution < 1.29 is 13.9 Å². The fraction of sp³-hybridized carbons (Fsp3) is 0.375. The number of nitrogens with zero attached hydrogens (tertiary/aromatic N) is 1. The summed E-state index contributed by atoms with van der Waals surface area (Å²) in [6.45, 7) is -0.942. The number of nitrogens with two attached hydrogens (primary N) is 1. The summed E-state index contributed by atoms with van der Waals surface area (Å²) < 4.78 is 25.8. The fourth-order valence-electron chi connectivity index (χ4n) is 0.904. The monoisotopic (exact) mass is 258 g/mol. The van der Waals surface area contributed by atoms with E-state index in [0.717, 1.165) is 0 Å². The van der Waals surface area contributed by atoms with Crippen LogP contribution < -0.4 is 5.73 Å². The normalized spacial score (nSPS) is 13.1. The van der Waals surface area contributed by atoms with Crippen molar-refractivity contribution in [3.8, 4) is 0 Å². The summed E-state index contributed by atoms with van der Waals surface area (Å²) in [5.74, 6) is -3.39. The van der Waals surface area contributed by atoms with Gasteiger partial charge in [0.1, 0.15) is 5.15 Å². The lowest BCUT2D eigenvalue weighted by atomic mass is 10.1. The van der Waals surface area contributed by atoms with Gasteiger partial charge in [0.15, 0.2) is 6.10 Å². The molecule has 3 N–H and O–H groups in total. The number of alkyl halides is 2. The zero-order valence-corrected chi connectivity index (χ0v) is 9.10. The molecule has 0 radical (unpaired) electrons. The van der Waals surface area contributed by atoms with Crippen molar-refractivity contribution >= 4 is 24.0 Å². The van der Waals surface area contributed by atoms with Gasteiger partial charge in [-0.25, -0.2) is 13.8 Å². The van der Waals surface area contributed by atoms with Crippen LogP contribution in [-0.2, 0) is 0 Å². The van der Waals surface area contributed by atoms with Crippen molar-refractivity contribution in [2.75, 3.05) is 6.54 Å². The summed E-state index contributed by atoms with van der Waals surface area (Å²) in [5, 5.41) is 9.27. The predicted molar refractivity (Wildman–Crippen MR) is 55.5 cm³/mol. The molecule has 7 heteroatoms. The largest absolute Gasteiger partial charge is 0.380 e. The second-order valence-electron chi connectivity index (χ2n) is 2.75. The van der Waals surface area contributed by atoms with Gasteiger partial charge in [-0.15, -0.1) is 12.4 Å². The minimum atomic E-state index is -3.39. The standard InChI is InChI=1S/C8H9ClF2N2O.ClH/c9-6-3-1-2-5(13-6)7(14)8(10,11)4-12;/h1-3,7,14H,4,12H2;1H. The number of aliphatic hydroxyl groups is 1. The first-order chi connectivity index (χ1) is 6.47. The zero-order valence-electron chi connectivity index (χ0n) is 7.53. The smallest absolute Gasteiger partial charge is 0.290 e. The molecule has 0 bridgehead atoms. The van der Waals surface area contributed by atoms with Gasteiger partial charge >= 0.3 is 0 Å². The van der Waals surface area contributed by atoms with E-state index in [4.69, 9.17) is 17.3 Å². The highest BCUT2D eigenvalue weighted by Gasteiger charge is 2.38. The summed E-state index contributed by atoms with van der Waals surface area (Å²) in [7, 11) is 0. The topological polar surface area (TPSA) is 59.1 Å². The Kier molecular flexibility index (Phi) is 5.37. The summed E-state index contributed by atoms with van der Waals surface area (Å²) >= 11 is 5.48. The second-order valence-corrected chi connectivity index (χ2v) is 3.14. The van der Waals surface area contributed by atoms with Crippen molar-refractivity contribution in [1.29, 1.82) is 0 Å². The molecule has 0 saturated heterocycles. The maximum absolute atomic E-state index is 12.9.